The van der Waals surface area contributed by atoms with Gasteiger partial charge in [0, 0.05) is 19.8 Å². The van der Waals surface area contributed by atoms with Gasteiger partial charge in [-0.05, 0) is 53.5 Å². The van der Waals surface area contributed by atoms with Crippen molar-refractivity contribution in [2.45, 2.75) is 84.0 Å². The van der Waals surface area contributed by atoms with Gasteiger partial charge in [0.25, 0.3) is 0 Å². The summed E-state index contributed by atoms with van der Waals surface area (Å²) >= 11 is 0. The molecule has 24 heavy (non-hydrogen) atoms. The minimum atomic E-state index is 0.926. The highest BCUT2D eigenvalue weighted by molar-refractivity contribution is 4.54. The highest BCUT2D eigenvalue weighted by Gasteiger charge is 1.99. The lowest BCUT2D eigenvalue weighted by Crippen LogP contribution is -2.25. The lowest BCUT2D eigenvalue weighted by Gasteiger charge is -2.17. The summed E-state index contributed by atoms with van der Waals surface area (Å²) in [6.45, 7) is 7.70. The monoisotopic (exact) mass is 342 g/mol. The van der Waals surface area contributed by atoms with Gasteiger partial charge in [-0.15, -0.1) is 0 Å². The lowest BCUT2D eigenvalue weighted by atomic mass is 10.1. The van der Waals surface area contributed by atoms with Gasteiger partial charge in [-0.3, -0.25) is 0 Å². The third kappa shape index (κ3) is 19.9. The Balaban J connectivity index is 3.09. The fourth-order valence-electron chi connectivity index (χ4n) is 3.00. The molecule has 0 atom stereocenters. The zero-order valence-electron chi connectivity index (χ0n) is 17.3. The predicted octanol–water partition coefficient (Wildman–Crippen LogP) is 5.20. The molecule has 146 valence electrons. The Bertz CT molecular complexity index is 234. The highest BCUT2D eigenvalue weighted by Crippen LogP contribution is 2.10. The van der Waals surface area contributed by atoms with Crippen molar-refractivity contribution in [3.63, 3.8) is 0 Å². The smallest absolute Gasteiger partial charge is 0.0478 e. The van der Waals surface area contributed by atoms with Crippen molar-refractivity contribution in [2.24, 2.45) is 0 Å². The van der Waals surface area contributed by atoms with Gasteiger partial charge < -0.3 is 14.5 Å². The van der Waals surface area contributed by atoms with Crippen molar-refractivity contribution in [1.82, 2.24) is 9.80 Å². The Kier molecular flexibility index (Phi) is 19.1. The van der Waals surface area contributed by atoms with Gasteiger partial charge >= 0.3 is 0 Å². The van der Waals surface area contributed by atoms with Crippen LogP contribution >= 0.6 is 0 Å². The molecule has 0 heterocycles. The Morgan fingerprint density at radius 1 is 0.542 bits per heavy atom. The molecule has 3 nitrogen and oxygen atoms in total. The summed E-state index contributed by atoms with van der Waals surface area (Å²) in [6.07, 6.45) is 16.4. The molecule has 0 saturated heterocycles. The van der Waals surface area contributed by atoms with Gasteiger partial charge in [0.05, 0.1) is 0 Å². The molecular formula is C21H46N2O. The minimum absolute atomic E-state index is 0.926. The van der Waals surface area contributed by atoms with Gasteiger partial charge in [0.1, 0.15) is 0 Å². The average Bonchev–Trinajstić information content (AvgIpc) is 2.55. The van der Waals surface area contributed by atoms with Gasteiger partial charge in [-0.2, -0.15) is 0 Å². The summed E-state index contributed by atoms with van der Waals surface area (Å²) in [6, 6.07) is 0. The standard InChI is InChI=1S/C21H46N2O/c1-5-6-7-8-9-10-11-12-13-14-20-24-21-16-19-23(4)18-15-17-22(2)3/h5-21H2,1-4H3. The van der Waals surface area contributed by atoms with Crippen molar-refractivity contribution >= 4 is 0 Å². The van der Waals surface area contributed by atoms with E-state index in [1.165, 1.54) is 83.7 Å². The molecule has 0 aliphatic rings. The van der Waals surface area contributed by atoms with Gasteiger partial charge in [0.15, 0.2) is 0 Å². The zero-order valence-corrected chi connectivity index (χ0v) is 17.3. The molecule has 0 amide bonds. The first kappa shape index (κ1) is 23.9. The zero-order chi connectivity index (χ0) is 17.9. The molecule has 3 heteroatoms. The second kappa shape index (κ2) is 19.2. The highest BCUT2D eigenvalue weighted by atomic mass is 16.5. The molecule has 0 aromatic rings. The van der Waals surface area contributed by atoms with Crippen LogP contribution in [0.4, 0.5) is 0 Å². The molecule has 0 unspecified atom stereocenters. The van der Waals surface area contributed by atoms with Crippen LogP contribution in [0.2, 0.25) is 0 Å². The second-order valence-electron chi connectivity index (χ2n) is 7.61. The molecule has 0 bridgehead atoms. The van der Waals surface area contributed by atoms with E-state index in [9.17, 15) is 0 Å². The summed E-state index contributed by atoms with van der Waals surface area (Å²) in [5, 5.41) is 0. The molecule has 0 saturated carbocycles. The first-order valence-corrected chi connectivity index (χ1v) is 10.6. The van der Waals surface area contributed by atoms with Gasteiger partial charge in [0.2, 0.25) is 0 Å². The Labute approximate surface area is 153 Å². The molecule has 0 aromatic carbocycles. The van der Waals surface area contributed by atoms with E-state index >= 15 is 0 Å². The molecule has 0 spiro atoms. The van der Waals surface area contributed by atoms with Crippen molar-refractivity contribution in [1.29, 1.82) is 0 Å². The largest absolute Gasteiger partial charge is 0.381 e. The number of nitrogens with zero attached hydrogens (tertiary/aromatic N) is 2. The van der Waals surface area contributed by atoms with Crippen molar-refractivity contribution in [3.05, 3.63) is 0 Å². The van der Waals surface area contributed by atoms with Crippen LogP contribution in [0, 0.1) is 0 Å². The van der Waals surface area contributed by atoms with Crippen LogP contribution in [0.5, 0.6) is 0 Å². The third-order valence-corrected chi connectivity index (χ3v) is 4.62. The maximum Gasteiger partial charge on any atom is 0.0478 e. The first-order valence-electron chi connectivity index (χ1n) is 10.6. The van der Waals surface area contributed by atoms with Crippen LogP contribution in [0.15, 0.2) is 0 Å². The third-order valence-electron chi connectivity index (χ3n) is 4.62. The Hall–Kier alpha value is -0.120. The summed E-state index contributed by atoms with van der Waals surface area (Å²) < 4.78 is 5.76. The van der Waals surface area contributed by atoms with E-state index in [2.05, 4.69) is 37.9 Å². The van der Waals surface area contributed by atoms with Crippen LogP contribution in [-0.4, -0.2) is 63.8 Å². The van der Waals surface area contributed by atoms with Crippen molar-refractivity contribution in [2.75, 3.05) is 54.0 Å². The summed E-state index contributed by atoms with van der Waals surface area (Å²) in [5.74, 6) is 0. The number of hydrogen-bond donors (Lipinski definition) is 0. The molecule has 0 fully saturated rings. The maximum atomic E-state index is 5.76. The van der Waals surface area contributed by atoms with Crippen LogP contribution in [0.1, 0.15) is 84.0 Å². The second-order valence-corrected chi connectivity index (χ2v) is 7.61. The van der Waals surface area contributed by atoms with Crippen molar-refractivity contribution < 1.29 is 4.74 Å². The van der Waals surface area contributed by atoms with Gasteiger partial charge in [-0.25, -0.2) is 0 Å². The molecular weight excluding hydrogens is 296 g/mol. The number of hydrogen-bond acceptors (Lipinski definition) is 3. The molecule has 0 aliphatic carbocycles. The predicted molar refractivity (Wildman–Crippen MR) is 108 cm³/mol. The minimum Gasteiger partial charge on any atom is -0.381 e. The molecule has 0 radical (unpaired) electrons. The SMILES string of the molecule is CCCCCCCCCCCCOCCCN(C)CCCN(C)C. The van der Waals surface area contributed by atoms with E-state index in [1.807, 2.05) is 0 Å². The average molecular weight is 343 g/mol. The molecule has 0 N–H and O–H groups in total. The summed E-state index contributed by atoms with van der Waals surface area (Å²) in [7, 11) is 6.50. The maximum absolute atomic E-state index is 5.76. The quantitative estimate of drug-likeness (QED) is 0.300. The fourth-order valence-corrected chi connectivity index (χ4v) is 3.00. The van der Waals surface area contributed by atoms with E-state index in [0.717, 1.165) is 26.2 Å². The Morgan fingerprint density at radius 2 is 1.04 bits per heavy atom. The Morgan fingerprint density at radius 3 is 1.62 bits per heavy atom. The first-order chi connectivity index (χ1) is 11.7. The fraction of sp³-hybridized carbons (Fsp3) is 1.00. The van der Waals surface area contributed by atoms with Crippen LogP contribution in [0.3, 0.4) is 0 Å². The van der Waals surface area contributed by atoms with Crippen LogP contribution in [-0.2, 0) is 4.74 Å². The molecule has 0 aromatic heterocycles. The van der Waals surface area contributed by atoms with E-state index in [4.69, 9.17) is 4.74 Å². The summed E-state index contributed by atoms with van der Waals surface area (Å²) in [5.41, 5.74) is 0. The van der Waals surface area contributed by atoms with E-state index in [0.29, 0.717) is 0 Å². The molecule has 0 rings (SSSR count). The van der Waals surface area contributed by atoms with Crippen LogP contribution in [0.25, 0.3) is 0 Å². The lowest BCUT2D eigenvalue weighted by molar-refractivity contribution is 0.119. The molecule has 0 aliphatic heterocycles. The van der Waals surface area contributed by atoms with Crippen molar-refractivity contribution in [3.8, 4) is 0 Å². The van der Waals surface area contributed by atoms with E-state index in [1.54, 1.807) is 0 Å². The van der Waals surface area contributed by atoms with E-state index < -0.39 is 0 Å². The van der Waals surface area contributed by atoms with Gasteiger partial charge in [-0.1, -0.05) is 64.7 Å². The van der Waals surface area contributed by atoms with Crippen LogP contribution < -0.4 is 0 Å². The summed E-state index contributed by atoms with van der Waals surface area (Å²) in [4.78, 5) is 4.68. The number of unbranched alkanes of at least 4 members (excludes halogenated alkanes) is 9. The number of ether oxygens (including phenoxy) is 1. The normalized spacial score (nSPS) is 11.8. The topological polar surface area (TPSA) is 15.7 Å². The van der Waals surface area contributed by atoms with E-state index in [-0.39, 0.29) is 0 Å². The number of rotatable bonds is 19.